The normalized spacial score (nSPS) is 10.8. The molecule has 1 N–H and O–H groups in total. The van der Waals surface area contributed by atoms with E-state index in [9.17, 15) is 0 Å². The Kier molecular flexibility index (Phi) is 5.13. The van der Waals surface area contributed by atoms with E-state index < -0.39 is 0 Å². The van der Waals surface area contributed by atoms with Crippen LogP contribution in [0.25, 0.3) is 0 Å². The average molecular weight is 270 g/mol. The van der Waals surface area contributed by atoms with Crippen molar-refractivity contribution in [1.29, 1.82) is 0 Å². The third-order valence-corrected chi connectivity index (χ3v) is 3.10. The minimum absolute atomic E-state index is 0.460. The van der Waals surface area contributed by atoms with E-state index in [1.54, 1.807) is 6.20 Å². The highest BCUT2D eigenvalue weighted by molar-refractivity contribution is 5.40. The highest BCUT2D eigenvalue weighted by Crippen LogP contribution is 2.24. The minimum atomic E-state index is 0.460. The number of nitrogens with one attached hydrogen (secondary N) is 1. The largest absolute Gasteiger partial charge is 0.488 e. The lowest BCUT2D eigenvalue weighted by Crippen LogP contribution is -2.22. The lowest BCUT2D eigenvalue weighted by molar-refractivity contribution is 0.299. The second-order valence-corrected chi connectivity index (χ2v) is 5.25. The predicted molar refractivity (Wildman–Crippen MR) is 81.7 cm³/mol. The summed E-state index contributed by atoms with van der Waals surface area (Å²) in [4.78, 5) is 4.11. The Balaban J connectivity index is 2.09. The molecule has 2 aromatic rings. The number of aryl methyl sites for hydroxylation is 1. The molecule has 0 saturated carbocycles. The van der Waals surface area contributed by atoms with Crippen molar-refractivity contribution in [2.24, 2.45) is 0 Å². The molecule has 2 rings (SSSR count). The maximum atomic E-state index is 6.01. The number of para-hydroxylation sites is 1. The first kappa shape index (κ1) is 14.5. The number of rotatable bonds is 6. The zero-order valence-electron chi connectivity index (χ0n) is 12.4. The maximum Gasteiger partial charge on any atom is 0.127 e. The molecule has 1 aromatic carbocycles. The average Bonchev–Trinajstić information content (AvgIpc) is 2.45. The van der Waals surface area contributed by atoms with Crippen LogP contribution in [0.15, 0.2) is 42.7 Å². The van der Waals surface area contributed by atoms with Crippen LogP contribution in [-0.2, 0) is 13.2 Å². The molecule has 0 saturated heterocycles. The Morgan fingerprint density at radius 3 is 2.75 bits per heavy atom. The van der Waals surface area contributed by atoms with Gasteiger partial charge in [0.1, 0.15) is 12.4 Å². The third-order valence-electron chi connectivity index (χ3n) is 3.10. The first-order valence-corrected chi connectivity index (χ1v) is 7.00. The van der Waals surface area contributed by atoms with Gasteiger partial charge in [0, 0.05) is 36.1 Å². The summed E-state index contributed by atoms with van der Waals surface area (Å²) in [5, 5.41) is 3.44. The van der Waals surface area contributed by atoms with Gasteiger partial charge in [-0.25, -0.2) is 0 Å². The van der Waals surface area contributed by atoms with Crippen molar-refractivity contribution in [3.63, 3.8) is 0 Å². The van der Waals surface area contributed by atoms with Crippen molar-refractivity contribution in [3.8, 4) is 5.75 Å². The summed E-state index contributed by atoms with van der Waals surface area (Å²) >= 11 is 0. The van der Waals surface area contributed by atoms with E-state index >= 15 is 0 Å². The molecule has 3 nitrogen and oxygen atoms in total. The second-order valence-electron chi connectivity index (χ2n) is 5.25. The Morgan fingerprint density at radius 1 is 1.20 bits per heavy atom. The third kappa shape index (κ3) is 4.07. The molecule has 0 fully saturated rings. The smallest absolute Gasteiger partial charge is 0.127 e. The number of pyridine rings is 1. The van der Waals surface area contributed by atoms with Crippen LogP contribution in [-0.4, -0.2) is 11.0 Å². The topological polar surface area (TPSA) is 34.1 Å². The summed E-state index contributed by atoms with van der Waals surface area (Å²) in [6.45, 7) is 7.74. The quantitative estimate of drug-likeness (QED) is 0.872. The van der Waals surface area contributed by atoms with Gasteiger partial charge < -0.3 is 10.1 Å². The van der Waals surface area contributed by atoms with Crippen molar-refractivity contribution >= 4 is 0 Å². The van der Waals surface area contributed by atoms with Crippen LogP contribution in [0.4, 0.5) is 0 Å². The number of benzene rings is 1. The fourth-order valence-electron chi connectivity index (χ4n) is 2.01. The maximum absolute atomic E-state index is 6.01. The number of hydrogen-bond donors (Lipinski definition) is 1. The molecule has 0 bridgehead atoms. The molecule has 0 radical (unpaired) electrons. The molecule has 0 aliphatic rings. The molecule has 0 aliphatic carbocycles. The van der Waals surface area contributed by atoms with Crippen molar-refractivity contribution < 1.29 is 4.74 Å². The van der Waals surface area contributed by atoms with Crippen LogP contribution in [0.1, 0.15) is 30.5 Å². The molecule has 0 atom stereocenters. The summed E-state index contributed by atoms with van der Waals surface area (Å²) in [7, 11) is 0. The monoisotopic (exact) mass is 270 g/mol. The molecule has 106 valence electrons. The lowest BCUT2D eigenvalue weighted by atomic mass is 10.1. The predicted octanol–water partition coefficient (Wildman–Crippen LogP) is 3.47. The Hall–Kier alpha value is -1.87. The molecule has 1 heterocycles. The molecule has 0 aliphatic heterocycles. The van der Waals surface area contributed by atoms with Gasteiger partial charge in [-0.05, 0) is 18.6 Å². The van der Waals surface area contributed by atoms with Crippen LogP contribution < -0.4 is 10.1 Å². The van der Waals surface area contributed by atoms with E-state index in [0.717, 1.165) is 23.4 Å². The Morgan fingerprint density at radius 2 is 2.05 bits per heavy atom. The van der Waals surface area contributed by atoms with E-state index in [0.29, 0.717) is 12.6 Å². The number of ether oxygens (including phenoxy) is 1. The van der Waals surface area contributed by atoms with Crippen LogP contribution >= 0.6 is 0 Å². The summed E-state index contributed by atoms with van der Waals surface area (Å²) in [5.41, 5.74) is 3.44. The van der Waals surface area contributed by atoms with E-state index in [1.165, 1.54) is 5.56 Å². The molecular formula is C17H22N2O. The van der Waals surface area contributed by atoms with Gasteiger partial charge in [-0.1, -0.05) is 38.1 Å². The molecule has 3 heteroatoms. The zero-order valence-corrected chi connectivity index (χ0v) is 12.4. The standard InChI is InChI=1S/C17H22N2O/c1-13(2)19-11-16-8-4-6-14(3)17(16)20-12-15-7-5-9-18-10-15/h4-10,13,19H,11-12H2,1-3H3. The lowest BCUT2D eigenvalue weighted by Gasteiger charge is -2.16. The summed E-state index contributed by atoms with van der Waals surface area (Å²) in [5.74, 6) is 0.976. The number of hydrogen-bond acceptors (Lipinski definition) is 3. The first-order valence-electron chi connectivity index (χ1n) is 7.00. The number of nitrogens with zero attached hydrogens (tertiary/aromatic N) is 1. The molecule has 0 unspecified atom stereocenters. The Bertz CT molecular complexity index is 538. The highest BCUT2D eigenvalue weighted by atomic mass is 16.5. The molecular weight excluding hydrogens is 248 g/mol. The zero-order chi connectivity index (χ0) is 14.4. The van der Waals surface area contributed by atoms with Gasteiger partial charge in [-0.3, -0.25) is 4.98 Å². The van der Waals surface area contributed by atoms with E-state index in [4.69, 9.17) is 4.74 Å². The first-order chi connectivity index (χ1) is 9.66. The van der Waals surface area contributed by atoms with Gasteiger partial charge in [-0.2, -0.15) is 0 Å². The van der Waals surface area contributed by atoms with Gasteiger partial charge >= 0.3 is 0 Å². The Labute approximate surface area is 121 Å². The fraction of sp³-hybridized carbons (Fsp3) is 0.353. The van der Waals surface area contributed by atoms with Crippen LogP contribution in [0, 0.1) is 6.92 Å². The summed E-state index contributed by atoms with van der Waals surface area (Å²) in [6, 6.07) is 10.7. The molecule has 20 heavy (non-hydrogen) atoms. The van der Waals surface area contributed by atoms with Crippen LogP contribution in [0.3, 0.4) is 0 Å². The van der Waals surface area contributed by atoms with Crippen molar-refractivity contribution in [2.75, 3.05) is 0 Å². The van der Waals surface area contributed by atoms with Crippen LogP contribution in [0.5, 0.6) is 5.75 Å². The van der Waals surface area contributed by atoms with Gasteiger partial charge in [-0.15, -0.1) is 0 Å². The summed E-state index contributed by atoms with van der Waals surface area (Å²) < 4.78 is 6.01. The van der Waals surface area contributed by atoms with E-state index in [1.807, 2.05) is 18.3 Å². The van der Waals surface area contributed by atoms with Gasteiger partial charge in [0.15, 0.2) is 0 Å². The van der Waals surface area contributed by atoms with Gasteiger partial charge in [0.05, 0.1) is 0 Å². The van der Waals surface area contributed by atoms with Crippen molar-refractivity contribution in [1.82, 2.24) is 10.3 Å². The summed E-state index contributed by atoms with van der Waals surface area (Å²) in [6.07, 6.45) is 3.61. The fourth-order valence-corrected chi connectivity index (χ4v) is 2.01. The second kappa shape index (κ2) is 7.06. The van der Waals surface area contributed by atoms with Gasteiger partial charge in [0.25, 0.3) is 0 Å². The van der Waals surface area contributed by atoms with Crippen molar-refractivity contribution in [2.45, 2.75) is 40.0 Å². The minimum Gasteiger partial charge on any atom is -0.488 e. The highest BCUT2D eigenvalue weighted by Gasteiger charge is 2.07. The van der Waals surface area contributed by atoms with Crippen molar-refractivity contribution in [3.05, 3.63) is 59.4 Å². The van der Waals surface area contributed by atoms with Crippen LogP contribution in [0.2, 0.25) is 0 Å². The SMILES string of the molecule is Cc1cccc(CNC(C)C)c1OCc1cccnc1. The number of aromatic nitrogens is 1. The van der Waals surface area contributed by atoms with E-state index in [2.05, 4.69) is 49.3 Å². The van der Waals surface area contributed by atoms with Gasteiger partial charge in [0.2, 0.25) is 0 Å². The molecule has 1 aromatic heterocycles. The molecule has 0 amide bonds. The van der Waals surface area contributed by atoms with E-state index in [-0.39, 0.29) is 0 Å². The molecule has 0 spiro atoms.